The van der Waals surface area contributed by atoms with Crippen LogP contribution in [0.15, 0.2) is 22.7 Å². The summed E-state index contributed by atoms with van der Waals surface area (Å²) in [5, 5.41) is 3.58. The van der Waals surface area contributed by atoms with Gasteiger partial charge in [0.05, 0.1) is 11.6 Å². The first kappa shape index (κ1) is 17.5. The smallest absolute Gasteiger partial charge is 0.133 e. The van der Waals surface area contributed by atoms with Gasteiger partial charge in [-0.05, 0) is 60.1 Å². The molecule has 0 bridgehead atoms. The second kappa shape index (κ2) is 9.37. The van der Waals surface area contributed by atoms with E-state index in [-0.39, 0.29) is 0 Å². The van der Waals surface area contributed by atoms with Gasteiger partial charge in [-0.25, -0.2) is 0 Å². The Kier molecular flexibility index (Phi) is 8.19. The second-order valence-corrected chi connectivity index (χ2v) is 5.86. The molecule has 0 aliphatic heterocycles. The lowest BCUT2D eigenvalue weighted by Crippen LogP contribution is -2.33. The highest BCUT2D eigenvalue weighted by molar-refractivity contribution is 9.10. The van der Waals surface area contributed by atoms with Crippen molar-refractivity contribution in [3.63, 3.8) is 0 Å². The van der Waals surface area contributed by atoms with E-state index in [1.807, 2.05) is 6.07 Å². The summed E-state index contributed by atoms with van der Waals surface area (Å²) < 4.78 is 6.27. The molecule has 0 radical (unpaired) electrons. The van der Waals surface area contributed by atoms with Crippen LogP contribution < -0.4 is 10.1 Å². The fourth-order valence-electron chi connectivity index (χ4n) is 2.25. The molecule has 0 saturated heterocycles. The Hall–Kier alpha value is -0.580. The highest BCUT2D eigenvalue weighted by Crippen LogP contribution is 2.27. The van der Waals surface area contributed by atoms with E-state index in [1.165, 1.54) is 18.5 Å². The fraction of sp³-hybridized carbons (Fsp3) is 0.625. The van der Waals surface area contributed by atoms with Crippen molar-refractivity contribution in [2.45, 2.75) is 33.2 Å². The van der Waals surface area contributed by atoms with Crippen LogP contribution in [0.25, 0.3) is 0 Å². The van der Waals surface area contributed by atoms with Crippen molar-refractivity contribution >= 4 is 15.9 Å². The summed E-state index contributed by atoms with van der Waals surface area (Å²) in [6.07, 6.45) is 1.22. The largest absolute Gasteiger partial charge is 0.496 e. The first-order valence-electron chi connectivity index (χ1n) is 7.41. The number of hydrogen-bond acceptors (Lipinski definition) is 3. The molecule has 0 fully saturated rings. The van der Waals surface area contributed by atoms with Crippen LogP contribution in [0.5, 0.6) is 5.75 Å². The van der Waals surface area contributed by atoms with E-state index >= 15 is 0 Å². The molecule has 0 aliphatic carbocycles. The summed E-state index contributed by atoms with van der Waals surface area (Å²) in [4.78, 5) is 2.48. The topological polar surface area (TPSA) is 24.5 Å². The van der Waals surface area contributed by atoms with E-state index in [0.717, 1.165) is 29.9 Å². The molecule has 1 aromatic carbocycles. The minimum absolute atomic E-state index is 0.345. The molecule has 114 valence electrons. The van der Waals surface area contributed by atoms with Crippen LogP contribution >= 0.6 is 15.9 Å². The number of hydrogen-bond donors (Lipinski definition) is 1. The van der Waals surface area contributed by atoms with Crippen molar-refractivity contribution < 1.29 is 4.74 Å². The third kappa shape index (κ3) is 5.43. The van der Waals surface area contributed by atoms with Gasteiger partial charge in [-0.3, -0.25) is 0 Å². The molecule has 1 unspecified atom stereocenters. The lowest BCUT2D eigenvalue weighted by Gasteiger charge is -2.22. The summed E-state index contributed by atoms with van der Waals surface area (Å²) in [6.45, 7) is 11.1. The standard InChI is InChI=1S/C16H27BrN2O/c1-5-10-19(6-2)11-9-18-13(3)14-7-8-16(20-4)15(17)12-14/h7-8,12-13,18H,5-6,9-11H2,1-4H3. The van der Waals surface area contributed by atoms with Gasteiger partial charge in [0, 0.05) is 19.1 Å². The summed E-state index contributed by atoms with van der Waals surface area (Å²) >= 11 is 3.54. The predicted molar refractivity (Wildman–Crippen MR) is 89.5 cm³/mol. The number of nitrogens with one attached hydrogen (secondary N) is 1. The van der Waals surface area contributed by atoms with Crippen LogP contribution in [0.4, 0.5) is 0 Å². The van der Waals surface area contributed by atoms with Crippen LogP contribution in [0.1, 0.15) is 38.8 Å². The van der Waals surface area contributed by atoms with Gasteiger partial charge in [0.15, 0.2) is 0 Å². The highest BCUT2D eigenvalue weighted by atomic mass is 79.9. The van der Waals surface area contributed by atoms with Gasteiger partial charge in [0.2, 0.25) is 0 Å². The molecular formula is C16H27BrN2O. The van der Waals surface area contributed by atoms with Gasteiger partial charge in [-0.15, -0.1) is 0 Å². The van der Waals surface area contributed by atoms with E-state index in [2.05, 4.69) is 59.1 Å². The van der Waals surface area contributed by atoms with E-state index in [1.54, 1.807) is 7.11 Å². The van der Waals surface area contributed by atoms with Crippen molar-refractivity contribution in [3.8, 4) is 5.75 Å². The van der Waals surface area contributed by atoms with Gasteiger partial charge in [0.1, 0.15) is 5.75 Å². The third-order valence-corrected chi connectivity index (χ3v) is 4.16. The van der Waals surface area contributed by atoms with Crippen molar-refractivity contribution in [1.29, 1.82) is 0 Å². The van der Waals surface area contributed by atoms with Crippen molar-refractivity contribution in [3.05, 3.63) is 28.2 Å². The molecule has 1 aromatic rings. The molecule has 4 heteroatoms. The van der Waals surface area contributed by atoms with Crippen molar-refractivity contribution in [1.82, 2.24) is 10.2 Å². The monoisotopic (exact) mass is 342 g/mol. The molecule has 0 amide bonds. The molecule has 0 spiro atoms. The first-order valence-corrected chi connectivity index (χ1v) is 8.20. The van der Waals surface area contributed by atoms with Crippen LogP contribution in [0.2, 0.25) is 0 Å². The Morgan fingerprint density at radius 1 is 1.30 bits per heavy atom. The number of halogens is 1. The SMILES string of the molecule is CCCN(CC)CCNC(C)c1ccc(OC)c(Br)c1. The lowest BCUT2D eigenvalue weighted by atomic mass is 10.1. The molecule has 20 heavy (non-hydrogen) atoms. The average Bonchev–Trinajstić information content (AvgIpc) is 2.46. The molecule has 1 rings (SSSR count). The summed E-state index contributed by atoms with van der Waals surface area (Å²) in [5.41, 5.74) is 1.27. The van der Waals surface area contributed by atoms with Crippen LogP contribution in [-0.4, -0.2) is 38.2 Å². The number of ether oxygens (including phenoxy) is 1. The first-order chi connectivity index (χ1) is 9.62. The Morgan fingerprint density at radius 3 is 2.60 bits per heavy atom. The molecule has 0 saturated carbocycles. The van der Waals surface area contributed by atoms with Crippen LogP contribution in [-0.2, 0) is 0 Å². The highest BCUT2D eigenvalue weighted by Gasteiger charge is 2.08. The Balaban J connectivity index is 2.46. The number of methoxy groups -OCH3 is 1. The van der Waals surface area contributed by atoms with Crippen molar-refractivity contribution in [2.24, 2.45) is 0 Å². The quantitative estimate of drug-likeness (QED) is 0.737. The summed E-state index contributed by atoms with van der Waals surface area (Å²) in [5.74, 6) is 0.876. The van der Waals surface area contributed by atoms with Crippen LogP contribution in [0, 0.1) is 0 Å². The number of likely N-dealkylation sites (N-methyl/N-ethyl adjacent to an activating group) is 1. The maximum Gasteiger partial charge on any atom is 0.133 e. The van der Waals surface area contributed by atoms with E-state index in [0.29, 0.717) is 6.04 Å². The van der Waals surface area contributed by atoms with Crippen LogP contribution in [0.3, 0.4) is 0 Å². The zero-order valence-corrected chi connectivity index (χ0v) is 14.7. The van der Waals surface area contributed by atoms with E-state index < -0.39 is 0 Å². The minimum Gasteiger partial charge on any atom is -0.496 e. The van der Waals surface area contributed by atoms with Gasteiger partial charge < -0.3 is 15.0 Å². The number of rotatable bonds is 9. The lowest BCUT2D eigenvalue weighted by molar-refractivity contribution is 0.284. The molecular weight excluding hydrogens is 316 g/mol. The zero-order chi connectivity index (χ0) is 15.0. The van der Waals surface area contributed by atoms with Gasteiger partial charge >= 0.3 is 0 Å². The summed E-state index contributed by atoms with van der Waals surface area (Å²) in [7, 11) is 1.69. The zero-order valence-electron chi connectivity index (χ0n) is 13.1. The molecule has 0 aliphatic rings. The predicted octanol–water partition coefficient (Wildman–Crippen LogP) is 3.84. The third-order valence-electron chi connectivity index (χ3n) is 3.54. The minimum atomic E-state index is 0.345. The van der Waals surface area contributed by atoms with Gasteiger partial charge in [0.25, 0.3) is 0 Å². The molecule has 1 atom stereocenters. The van der Waals surface area contributed by atoms with E-state index in [4.69, 9.17) is 4.74 Å². The Morgan fingerprint density at radius 2 is 2.05 bits per heavy atom. The van der Waals surface area contributed by atoms with Crippen molar-refractivity contribution in [2.75, 3.05) is 33.3 Å². The van der Waals surface area contributed by atoms with Gasteiger partial charge in [-0.2, -0.15) is 0 Å². The molecule has 0 aromatic heterocycles. The molecule has 0 heterocycles. The number of nitrogens with zero attached hydrogens (tertiary/aromatic N) is 1. The normalized spacial score (nSPS) is 12.7. The maximum absolute atomic E-state index is 5.26. The summed E-state index contributed by atoms with van der Waals surface area (Å²) in [6, 6.07) is 6.59. The molecule has 1 N–H and O–H groups in total. The average molecular weight is 343 g/mol. The second-order valence-electron chi connectivity index (χ2n) is 5.00. The Bertz CT molecular complexity index is 398. The fourth-order valence-corrected chi connectivity index (χ4v) is 2.81. The van der Waals surface area contributed by atoms with E-state index in [9.17, 15) is 0 Å². The number of benzene rings is 1. The Labute approximate surface area is 131 Å². The molecule has 3 nitrogen and oxygen atoms in total. The maximum atomic E-state index is 5.26. The van der Waals surface area contributed by atoms with Gasteiger partial charge in [-0.1, -0.05) is 19.9 Å².